The van der Waals surface area contributed by atoms with Gasteiger partial charge >= 0.3 is 12.1 Å². The molecule has 0 bridgehead atoms. The van der Waals surface area contributed by atoms with Crippen molar-refractivity contribution in [2.45, 2.75) is 13.1 Å². The van der Waals surface area contributed by atoms with Crippen LogP contribution in [0, 0.1) is 11.3 Å². The van der Waals surface area contributed by atoms with Crippen LogP contribution in [0.3, 0.4) is 0 Å². The zero-order valence-corrected chi connectivity index (χ0v) is 8.71. The predicted molar refractivity (Wildman–Crippen MR) is 49.9 cm³/mol. The molecule has 0 aliphatic heterocycles. The minimum atomic E-state index is -4.81. The molecule has 0 radical (unpaired) electrons. The number of carbonyl (C=O) groups is 1. The number of hydrogen-bond donors (Lipinski definition) is 0. The molecule has 4 nitrogen and oxygen atoms in total. The fraction of sp³-hybridized carbons (Fsp3) is 0.300. The van der Waals surface area contributed by atoms with Crippen LogP contribution in [0.4, 0.5) is 13.2 Å². The van der Waals surface area contributed by atoms with E-state index in [2.05, 4.69) is 9.72 Å². The van der Waals surface area contributed by atoms with Crippen LogP contribution in [0.1, 0.15) is 28.5 Å². The highest BCUT2D eigenvalue weighted by molar-refractivity contribution is 5.93. The summed E-state index contributed by atoms with van der Waals surface area (Å²) in [7, 11) is 0. The molecule has 0 unspecified atom stereocenters. The van der Waals surface area contributed by atoms with Gasteiger partial charge in [-0.25, -0.2) is 4.79 Å². The summed E-state index contributed by atoms with van der Waals surface area (Å²) in [6.07, 6.45) is -3.99. The molecular weight excluding hydrogens is 237 g/mol. The Morgan fingerprint density at radius 3 is 2.71 bits per heavy atom. The van der Waals surface area contributed by atoms with Crippen LogP contribution in [0.25, 0.3) is 0 Å². The molecule has 0 aliphatic rings. The standard InChI is InChI=1S/C10H7F3N2O2/c1-2-17-9(16)7-6(5-14)3-4-15-8(7)10(11,12)13/h3-4H,2H2,1H3. The lowest BCUT2D eigenvalue weighted by molar-refractivity contribution is -0.141. The fourth-order valence-electron chi connectivity index (χ4n) is 1.18. The maximum absolute atomic E-state index is 12.6. The van der Waals surface area contributed by atoms with Crippen molar-refractivity contribution < 1.29 is 22.7 Å². The molecule has 0 aromatic carbocycles. The predicted octanol–water partition coefficient (Wildman–Crippen LogP) is 2.15. The SMILES string of the molecule is CCOC(=O)c1c(C#N)ccnc1C(F)(F)F. The van der Waals surface area contributed by atoms with Crippen molar-refractivity contribution in [3.8, 4) is 6.07 Å². The van der Waals surface area contributed by atoms with E-state index < -0.39 is 29.0 Å². The van der Waals surface area contributed by atoms with Crippen LogP contribution >= 0.6 is 0 Å². The van der Waals surface area contributed by atoms with Crippen molar-refractivity contribution >= 4 is 5.97 Å². The summed E-state index contributed by atoms with van der Waals surface area (Å²) >= 11 is 0. The van der Waals surface area contributed by atoms with E-state index in [1.807, 2.05) is 0 Å². The lowest BCUT2D eigenvalue weighted by atomic mass is 10.1. The quantitative estimate of drug-likeness (QED) is 0.748. The van der Waals surface area contributed by atoms with Gasteiger partial charge in [0.1, 0.15) is 11.6 Å². The maximum atomic E-state index is 12.6. The number of nitrogens with zero attached hydrogens (tertiary/aromatic N) is 2. The molecule has 1 rings (SSSR count). The average molecular weight is 244 g/mol. The zero-order chi connectivity index (χ0) is 13.1. The van der Waals surface area contributed by atoms with E-state index in [0.717, 1.165) is 12.3 Å². The number of alkyl halides is 3. The van der Waals surface area contributed by atoms with Crippen molar-refractivity contribution in [1.29, 1.82) is 5.26 Å². The number of hydrogen-bond acceptors (Lipinski definition) is 4. The molecule has 90 valence electrons. The van der Waals surface area contributed by atoms with E-state index in [9.17, 15) is 18.0 Å². The van der Waals surface area contributed by atoms with Gasteiger partial charge in [0.25, 0.3) is 0 Å². The summed E-state index contributed by atoms with van der Waals surface area (Å²) in [6, 6.07) is 2.54. The number of esters is 1. The summed E-state index contributed by atoms with van der Waals surface area (Å²) in [5.74, 6) is -1.20. The molecule has 0 spiro atoms. The largest absolute Gasteiger partial charge is 0.462 e. The Bertz CT molecular complexity index is 477. The van der Waals surface area contributed by atoms with Gasteiger partial charge in [-0.15, -0.1) is 0 Å². The number of nitriles is 1. The normalized spacial score (nSPS) is 10.8. The van der Waals surface area contributed by atoms with Crippen LogP contribution in [-0.4, -0.2) is 17.6 Å². The third kappa shape index (κ3) is 2.72. The molecule has 17 heavy (non-hydrogen) atoms. The number of ether oxygens (including phenoxy) is 1. The number of pyridine rings is 1. The first kappa shape index (κ1) is 13.0. The second-order valence-electron chi connectivity index (χ2n) is 2.91. The first-order valence-corrected chi connectivity index (χ1v) is 4.55. The summed E-state index contributed by atoms with van der Waals surface area (Å²) < 4.78 is 42.2. The highest BCUT2D eigenvalue weighted by Crippen LogP contribution is 2.31. The third-order valence-corrected chi connectivity index (χ3v) is 1.82. The van der Waals surface area contributed by atoms with E-state index in [-0.39, 0.29) is 6.61 Å². The topological polar surface area (TPSA) is 63.0 Å². The average Bonchev–Trinajstić information content (AvgIpc) is 2.27. The first-order chi connectivity index (χ1) is 7.91. The monoisotopic (exact) mass is 244 g/mol. The van der Waals surface area contributed by atoms with Gasteiger partial charge in [0.05, 0.1) is 12.2 Å². The molecule has 0 fully saturated rings. The Kier molecular flexibility index (Phi) is 3.68. The van der Waals surface area contributed by atoms with Crippen LogP contribution in [0.2, 0.25) is 0 Å². The Morgan fingerprint density at radius 2 is 2.24 bits per heavy atom. The van der Waals surface area contributed by atoms with Crippen LogP contribution in [-0.2, 0) is 10.9 Å². The molecule has 0 N–H and O–H groups in total. The smallest absolute Gasteiger partial charge is 0.434 e. The highest BCUT2D eigenvalue weighted by atomic mass is 19.4. The number of rotatable bonds is 2. The maximum Gasteiger partial charge on any atom is 0.434 e. The molecule has 0 saturated heterocycles. The molecular formula is C10H7F3N2O2. The fourth-order valence-corrected chi connectivity index (χ4v) is 1.18. The molecule has 7 heteroatoms. The summed E-state index contributed by atoms with van der Waals surface area (Å²) in [6.45, 7) is 1.36. The van der Waals surface area contributed by atoms with Gasteiger partial charge in [0, 0.05) is 6.20 Å². The van der Waals surface area contributed by atoms with Gasteiger partial charge in [0.15, 0.2) is 5.69 Å². The van der Waals surface area contributed by atoms with Crippen molar-refractivity contribution in [3.05, 3.63) is 29.1 Å². The Balaban J connectivity index is 3.42. The number of carbonyl (C=O) groups excluding carboxylic acids is 1. The van der Waals surface area contributed by atoms with Crippen molar-refractivity contribution in [1.82, 2.24) is 4.98 Å². The van der Waals surface area contributed by atoms with Crippen LogP contribution < -0.4 is 0 Å². The molecule has 0 atom stereocenters. The van der Waals surface area contributed by atoms with Gasteiger partial charge in [-0.05, 0) is 13.0 Å². The van der Waals surface area contributed by atoms with Crippen LogP contribution in [0.5, 0.6) is 0 Å². The lowest BCUT2D eigenvalue weighted by Gasteiger charge is -2.11. The Morgan fingerprint density at radius 1 is 1.59 bits per heavy atom. The van der Waals surface area contributed by atoms with E-state index in [0.29, 0.717) is 0 Å². The van der Waals surface area contributed by atoms with E-state index in [1.54, 1.807) is 0 Å². The number of halogens is 3. The first-order valence-electron chi connectivity index (χ1n) is 4.55. The van der Waals surface area contributed by atoms with Gasteiger partial charge < -0.3 is 4.74 Å². The third-order valence-electron chi connectivity index (χ3n) is 1.82. The Labute approximate surface area is 94.6 Å². The second kappa shape index (κ2) is 4.82. The summed E-state index contributed by atoms with van der Waals surface area (Å²) in [4.78, 5) is 14.5. The molecule has 1 aromatic rings. The second-order valence-corrected chi connectivity index (χ2v) is 2.91. The summed E-state index contributed by atoms with van der Waals surface area (Å²) in [5.41, 5.74) is -2.66. The van der Waals surface area contributed by atoms with Crippen molar-refractivity contribution in [3.63, 3.8) is 0 Å². The zero-order valence-electron chi connectivity index (χ0n) is 8.71. The number of aromatic nitrogens is 1. The van der Waals surface area contributed by atoms with Crippen molar-refractivity contribution in [2.75, 3.05) is 6.61 Å². The minimum Gasteiger partial charge on any atom is -0.462 e. The molecule has 0 saturated carbocycles. The molecule has 1 heterocycles. The Hall–Kier alpha value is -2.10. The van der Waals surface area contributed by atoms with E-state index in [1.165, 1.54) is 13.0 Å². The van der Waals surface area contributed by atoms with E-state index in [4.69, 9.17) is 5.26 Å². The lowest BCUT2D eigenvalue weighted by Crippen LogP contribution is -2.18. The minimum absolute atomic E-state index is 0.0874. The van der Waals surface area contributed by atoms with Gasteiger partial charge in [0.2, 0.25) is 0 Å². The van der Waals surface area contributed by atoms with Gasteiger partial charge in [-0.3, -0.25) is 4.98 Å². The molecule has 0 amide bonds. The van der Waals surface area contributed by atoms with Crippen LogP contribution in [0.15, 0.2) is 12.3 Å². The van der Waals surface area contributed by atoms with Gasteiger partial charge in [-0.2, -0.15) is 18.4 Å². The van der Waals surface area contributed by atoms with Gasteiger partial charge in [-0.1, -0.05) is 0 Å². The highest BCUT2D eigenvalue weighted by Gasteiger charge is 2.39. The van der Waals surface area contributed by atoms with E-state index >= 15 is 0 Å². The van der Waals surface area contributed by atoms with Crippen molar-refractivity contribution in [2.24, 2.45) is 0 Å². The molecule has 1 aromatic heterocycles. The molecule has 0 aliphatic carbocycles. The summed E-state index contributed by atoms with van der Waals surface area (Å²) in [5, 5.41) is 8.67.